The maximum Gasteiger partial charge on any atom is 0.160 e. The Morgan fingerprint density at radius 2 is 2.00 bits per heavy atom. The molecule has 0 heterocycles. The number of phenolic OH excluding ortho intramolecular Hbond substituents is 1. The minimum Gasteiger partial charge on any atom is -0.504 e. The zero-order valence-corrected chi connectivity index (χ0v) is 10.0. The Hall–Kier alpha value is -1.23. The van der Waals surface area contributed by atoms with Crippen molar-refractivity contribution in [3.05, 3.63) is 24.3 Å². The quantitative estimate of drug-likeness (QED) is 0.772. The van der Waals surface area contributed by atoms with Crippen molar-refractivity contribution in [2.45, 2.75) is 13.3 Å². The maximum atomic E-state index is 11.2. The Morgan fingerprint density at radius 1 is 1.31 bits per heavy atom. The molecule has 0 saturated heterocycles. The Labute approximate surface area is 95.8 Å². The highest BCUT2D eigenvalue weighted by molar-refractivity contribution is 7.91. The average Bonchev–Trinajstić information content (AvgIpc) is 2.27. The molecule has 0 aliphatic rings. The molecule has 0 fully saturated rings. The van der Waals surface area contributed by atoms with Gasteiger partial charge >= 0.3 is 0 Å². The van der Waals surface area contributed by atoms with Crippen LogP contribution in [0.15, 0.2) is 24.3 Å². The third-order valence-corrected chi connectivity index (χ3v) is 3.95. The molecule has 0 bridgehead atoms. The SMILES string of the molecule is CCS(=O)(=O)CCCOc1ccccc1O. The van der Waals surface area contributed by atoms with E-state index < -0.39 is 9.84 Å². The second-order valence-electron chi connectivity index (χ2n) is 3.41. The Bertz CT molecular complexity index is 425. The zero-order valence-electron chi connectivity index (χ0n) is 9.22. The van der Waals surface area contributed by atoms with E-state index in [1.165, 1.54) is 6.07 Å². The van der Waals surface area contributed by atoms with Crippen LogP contribution in [0.2, 0.25) is 0 Å². The summed E-state index contributed by atoms with van der Waals surface area (Å²) < 4.78 is 27.6. The van der Waals surface area contributed by atoms with Gasteiger partial charge in [0.25, 0.3) is 0 Å². The van der Waals surface area contributed by atoms with Gasteiger partial charge in [-0.15, -0.1) is 0 Å². The fourth-order valence-electron chi connectivity index (χ4n) is 1.18. The topological polar surface area (TPSA) is 63.6 Å². The number of para-hydroxylation sites is 2. The van der Waals surface area contributed by atoms with Crippen LogP contribution in [0.4, 0.5) is 0 Å². The van der Waals surface area contributed by atoms with Gasteiger partial charge in [0.05, 0.1) is 12.4 Å². The van der Waals surface area contributed by atoms with E-state index in [1.807, 2.05) is 0 Å². The van der Waals surface area contributed by atoms with E-state index in [0.29, 0.717) is 12.2 Å². The van der Waals surface area contributed by atoms with Crippen molar-refractivity contribution in [1.82, 2.24) is 0 Å². The summed E-state index contributed by atoms with van der Waals surface area (Å²) >= 11 is 0. The molecule has 1 aromatic carbocycles. The van der Waals surface area contributed by atoms with Crippen molar-refractivity contribution >= 4 is 9.84 Å². The van der Waals surface area contributed by atoms with Gasteiger partial charge in [0.2, 0.25) is 0 Å². The van der Waals surface area contributed by atoms with Gasteiger partial charge in [-0.1, -0.05) is 19.1 Å². The van der Waals surface area contributed by atoms with E-state index >= 15 is 0 Å². The molecule has 0 saturated carbocycles. The number of phenols is 1. The smallest absolute Gasteiger partial charge is 0.160 e. The molecule has 16 heavy (non-hydrogen) atoms. The fraction of sp³-hybridized carbons (Fsp3) is 0.455. The molecular weight excluding hydrogens is 228 g/mol. The van der Waals surface area contributed by atoms with Gasteiger partial charge in [-0.2, -0.15) is 0 Å². The lowest BCUT2D eigenvalue weighted by Crippen LogP contribution is -2.11. The Kier molecular flexibility index (Phi) is 4.61. The van der Waals surface area contributed by atoms with E-state index in [4.69, 9.17) is 4.74 Å². The zero-order chi connectivity index (χ0) is 12.0. The van der Waals surface area contributed by atoms with Crippen molar-refractivity contribution < 1.29 is 18.3 Å². The van der Waals surface area contributed by atoms with E-state index in [0.717, 1.165) is 0 Å². The Morgan fingerprint density at radius 3 is 2.62 bits per heavy atom. The van der Waals surface area contributed by atoms with Crippen LogP contribution in [0.1, 0.15) is 13.3 Å². The van der Waals surface area contributed by atoms with E-state index in [9.17, 15) is 13.5 Å². The molecule has 0 atom stereocenters. The molecule has 0 amide bonds. The summed E-state index contributed by atoms with van der Waals surface area (Å²) in [5.74, 6) is 0.734. The average molecular weight is 244 g/mol. The molecule has 0 radical (unpaired) electrons. The number of hydrogen-bond donors (Lipinski definition) is 1. The monoisotopic (exact) mass is 244 g/mol. The first kappa shape index (κ1) is 12.8. The van der Waals surface area contributed by atoms with Crippen LogP contribution in [-0.2, 0) is 9.84 Å². The standard InChI is InChI=1S/C11H16O4S/c1-2-16(13,14)9-5-8-15-11-7-4-3-6-10(11)12/h3-4,6-7,12H,2,5,8-9H2,1H3. The number of ether oxygens (including phenoxy) is 1. The van der Waals surface area contributed by atoms with Crippen molar-refractivity contribution in [2.24, 2.45) is 0 Å². The van der Waals surface area contributed by atoms with E-state index in [2.05, 4.69) is 0 Å². The van der Waals surface area contributed by atoms with Gasteiger partial charge in [-0.3, -0.25) is 0 Å². The van der Waals surface area contributed by atoms with Crippen LogP contribution in [0.5, 0.6) is 11.5 Å². The lowest BCUT2D eigenvalue weighted by atomic mass is 10.3. The lowest BCUT2D eigenvalue weighted by molar-refractivity contribution is 0.300. The predicted octanol–water partition coefficient (Wildman–Crippen LogP) is 1.60. The highest BCUT2D eigenvalue weighted by Gasteiger charge is 2.07. The largest absolute Gasteiger partial charge is 0.504 e. The van der Waals surface area contributed by atoms with Crippen molar-refractivity contribution in [2.75, 3.05) is 18.1 Å². The first-order chi connectivity index (χ1) is 7.55. The highest BCUT2D eigenvalue weighted by atomic mass is 32.2. The van der Waals surface area contributed by atoms with Crippen LogP contribution in [0.25, 0.3) is 0 Å². The first-order valence-corrected chi connectivity index (χ1v) is 6.98. The van der Waals surface area contributed by atoms with E-state index in [-0.39, 0.29) is 23.9 Å². The number of rotatable bonds is 6. The molecule has 4 nitrogen and oxygen atoms in total. The molecule has 0 unspecified atom stereocenters. The predicted molar refractivity (Wildman–Crippen MR) is 62.5 cm³/mol. The van der Waals surface area contributed by atoms with Crippen LogP contribution >= 0.6 is 0 Å². The van der Waals surface area contributed by atoms with Gasteiger partial charge in [0.15, 0.2) is 11.5 Å². The third-order valence-electron chi connectivity index (χ3n) is 2.16. The number of hydrogen-bond acceptors (Lipinski definition) is 4. The summed E-state index contributed by atoms with van der Waals surface area (Å²) in [7, 11) is -2.93. The van der Waals surface area contributed by atoms with Crippen molar-refractivity contribution in [1.29, 1.82) is 0 Å². The summed E-state index contributed by atoms with van der Waals surface area (Å²) in [4.78, 5) is 0. The van der Waals surface area contributed by atoms with E-state index in [1.54, 1.807) is 25.1 Å². The van der Waals surface area contributed by atoms with Crippen LogP contribution in [0.3, 0.4) is 0 Å². The maximum absolute atomic E-state index is 11.2. The summed E-state index contributed by atoms with van der Waals surface area (Å²) in [6.07, 6.45) is 0.435. The number of benzene rings is 1. The molecule has 1 N–H and O–H groups in total. The second kappa shape index (κ2) is 5.75. The molecule has 0 aliphatic heterocycles. The van der Waals surface area contributed by atoms with Gasteiger partial charge in [0.1, 0.15) is 9.84 Å². The van der Waals surface area contributed by atoms with Gasteiger partial charge < -0.3 is 9.84 Å². The number of aromatic hydroxyl groups is 1. The second-order valence-corrected chi connectivity index (χ2v) is 5.88. The molecular formula is C11H16O4S. The van der Waals surface area contributed by atoms with Gasteiger partial charge in [0, 0.05) is 5.75 Å². The summed E-state index contributed by atoms with van der Waals surface area (Å²) in [5, 5.41) is 9.37. The van der Waals surface area contributed by atoms with Gasteiger partial charge in [-0.25, -0.2) is 8.42 Å². The Balaban J connectivity index is 2.35. The normalized spacial score (nSPS) is 11.3. The first-order valence-electron chi connectivity index (χ1n) is 5.16. The molecule has 0 aromatic heterocycles. The fourth-order valence-corrected chi connectivity index (χ4v) is 2.03. The minimum atomic E-state index is -2.93. The lowest BCUT2D eigenvalue weighted by Gasteiger charge is -2.07. The van der Waals surface area contributed by atoms with Crippen LogP contribution in [-0.4, -0.2) is 31.6 Å². The number of sulfone groups is 1. The molecule has 0 aliphatic carbocycles. The molecule has 0 spiro atoms. The third kappa shape index (κ3) is 4.10. The molecule has 1 aromatic rings. The van der Waals surface area contributed by atoms with Crippen LogP contribution < -0.4 is 4.74 Å². The van der Waals surface area contributed by atoms with Gasteiger partial charge in [-0.05, 0) is 18.6 Å². The van der Waals surface area contributed by atoms with Crippen molar-refractivity contribution in [3.63, 3.8) is 0 Å². The van der Waals surface area contributed by atoms with Crippen molar-refractivity contribution in [3.8, 4) is 11.5 Å². The highest BCUT2D eigenvalue weighted by Crippen LogP contribution is 2.24. The summed E-state index contributed by atoms with van der Waals surface area (Å²) in [6, 6.07) is 6.61. The minimum absolute atomic E-state index is 0.0702. The molecule has 5 heteroatoms. The molecule has 90 valence electrons. The summed E-state index contributed by atoms with van der Waals surface area (Å²) in [5.41, 5.74) is 0. The van der Waals surface area contributed by atoms with Crippen LogP contribution in [0, 0.1) is 0 Å². The molecule has 1 rings (SSSR count). The summed E-state index contributed by atoms with van der Waals surface area (Å²) in [6.45, 7) is 1.91.